The first-order chi connectivity index (χ1) is 14.5. The molecule has 1 N–H and O–H groups in total. The van der Waals surface area contributed by atoms with Gasteiger partial charge in [0.1, 0.15) is 5.75 Å². The highest BCUT2D eigenvalue weighted by Crippen LogP contribution is 2.29. The monoisotopic (exact) mass is 444 g/mol. The predicted octanol–water partition coefficient (Wildman–Crippen LogP) is 2.01. The summed E-state index contributed by atoms with van der Waals surface area (Å²) in [7, 11) is -3.60. The molecule has 0 bridgehead atoms. The number of fused-ring (bicyclic) bond motifs is 1. The lowest BCUT2D eigenvalue weighted by Gasteiger charge is -2.34. The third-order valence-electron chi connectivity index (χ3n) is 5.10. The fourth-order valence-electron chi connectivity index (χ4n) is 3.45. The van der Waals surface area contributed by atoms with Crippen molar-refractivity contribution in [2.45, 2.75) is 4.90 Å². The number of nitrogens with one attached hydrogen (secondary N) is 1. The number of benzene rings is 2. The van der Waals surface area contributed by atoms with Gasteiger partial charge in [0.15, 0.2) is 15.0 Å². The van der Waals surface area contributed by atoms with Gasteiger partial charge in [0, 0.05) is 39.3 Å². The minimum atomic E-state index is -3.60. The molecular weight excluding hydrogens is 420 g/mol. The van der Waals surface area contributed by atoms with Crippen LogP contribution in [-0.2, 0) is 14.6 Å². The van der Waals surface area contributed by atoms with Crippen LogP contribution in [0, 0.1) is 0 Å². The minimum Gasteiger partial charge on any atom is -0.354 e. The third kappa shape index (κ3) is 4.97. The first-order valence-corrected chi connectivity index (χ1v) is 12.4. The zero-order chi connectivity index (χ0) is 21.0. The maximum Gasteiger partial charge on any atom is 0.235 e. The zero-order valence-corrected chi connectivity index (χ0v) is 18.2. The zero-order valence-electron chi connectivity index (χ0n) is 16.5. The lowest BCUT2D eigenvalue weighted by Crippen LogP contribution is -2.48. The van der Waals surface area contributed by atoms with E-state index in [0.29, 0.717) is 13.1 Å². The molecule has 7 nitrogen and oxygen atoms in total. The van der Waals surface area contributed by atoms with Crippen LogP contribution in [0.25, 0.3) is 10.2 Å². The van der Waals surface area contributed by atoms with Crippen molar-refractivity contribution >= 4 is 42.4 Å². The molecule has 0 radical (unpaired) electrons. The van der Waals surface area contributed by atoms with Crippen LogP contribution in [0.2, 0.25) is 0 Å². The van der Waals surface area contributed by atoms with Gasteiger partial charge in [-0.3, -0.25) is 9.69 Å². The number of rotatable bonds is 7. The van der Waals surface area contributed by atoms with Crippen molar-refractivity contribution in [3.05, 3.63) is 54.6 Å². The van der Waals surface area contributed by atoms with Gasteiger partial charge >= 0.3 is 0 Å². The molecule has 1 fully saturated rings. The smallest absolute Gasteiger partial charge is 0.235 e. The SMILES string of the molecule is O=C(CS(=O)(=O)c1ccccc1)NCCN1CCN(c2nc3ccccc3s2)CC1. The molecule has 2 heterocycles. The van der Waals surface area contributed by atoms with E-state index in [1.54, 1.807) is 29.5 Å². The third-order valence-corrected chi connectivity index (χ3v) is 7.83. The molecule has 2 aromatic carbocycles. The van der Waals surface area contributed by atoms with Crippen LogP contribution in [0.3, 0.4) is 0 Å². The summed E-state index contributed by atoms with van der Waals surface area (Å²) in [6, 6.07) is 16.2. The molecular formula is C21H24N4O3S2. The van der Waals surface area contributed by atoms with Gasteiger partial charge in [-0.05, 0) is 24.3 Å². The van der Waals surface area contributed by atoms with Crippen molar-refractivity contribution in [1.82, 2.24) is 15.2 Å². The van der Waals surface area contributed by atoms with E-state index in [1.165, 1.54) is 16.8 Å². The normalized spacial score (nSPS) is 15.4. The van der Waals surface area contributed by atoms with Gasteiger partial charge in [-0.2, -0.15) is 0 Å². The average Bonchev–Trinajstić information content (AvgIpc) is 3.19. The Bertz CT molecular complexity index is 1070. The fourth-order valence-corrected chi connectivity index (χ4v) is 5.65. The predicted molar refractivity (Wildman–Crippen MR) is 120 cm³/mol. The summed E-state index contributed by atoms with van der Waals surface area (Å²) in [5.41, 5.74) is 1.04. The molecule has 4 rings (SSSR count). The summed E-state index contributed by atoms with van der Waals surface area (Å²) < 4.78 is 25.7. The van der Waals surface area contributed by atoms with Gasteiger partial charge in [0.2, 0.25) is 5.91 Å². The number of carbonyl (C=O) groups excluding carboxylic acids is 1. The second-order valence-electron chi connectivity index (χ2n) is 7.21. The number of para-hydroxylation sites is 1. The van der Waals surface area contributed by atoms with Gasteiger partial charge in [0.05, 0.1) is 15.1 Å². The van der Waals surface area contributed by atoms with Crippen LogP contribution in [0.4, 0.5) is 5.13 Å². The number of hydrogen-bond acceptors (Lipinski definition) is 7. The Hall–Kier alpha value is -2.49. The first kappa shape index (κ1) is 20.8. The van der Waals surface area contributed by atoms with E-state index in [0.717, 1.165) is 36.8 Å². The molecule has 1 saturated heterocycles. The Balaban J connectivity index is 1.21. The molecule has 1 aliphatic heterocycles. The van der Waals surface area contributed by atoms with Crippen LogP contribution in [0.1, 0.15) is 0 Å². The topological polar surface area (TPSA) is 82.6 Å². The second-order valence-corrected chi connectivity index (χ2v) is 10.2. The van der Waals surface area contributed by atoms with E-state index in [9.17, 15) is 13.2 Å². The van der Waals surface area contributed by atoms with Gasteiger partial charge in [-0.1, -0.05) is 41.7 Å². The van der Waals surface area contributed by atoms with Crippen LogP contribution in [0.5, 0.6) is 0 Å². The summed E-state index contributed by atoms with van der Waals surface area (Å²) >= 11 is 1.71. The minimum absolute atomic E-state index is 0.172. The molecule has 30 heavy (non-hydrogen) atoms. The molecule has 3 aromatic rings. The van der Waals surface area contributed by atoms with E-state index in [4.69, 9.17) is 4.98 Å². The average molecular weight is 445 g/mol. The Kier molecular flexibility index (Phi) is 6.31. The summed E-state index contributed by atoms with van der Waals surface area (Å²) in [4.78, 5) is 21.5. The number of amides is 1. The van der Waals surface area contributed by atoms with Crippen molar-refractivity contribution in [2.24, 2.45) is 0 Å². The quantitative estimate of drug-likeness (QED) is 0.600. The first-order valence-electron chi connectivity index (χ1n) is 9.89. The molecule has 1 aliphatic rings. The van der Waals surface area contributed by atoms with Crippen LogP contribution >= 0.6 is 11.3 Å². The Morgan fingerprint density at radius 2 is 1.70 bits per heavy atom. The summed E-state index contributed by atoms with van der Waals surface area (Å²) in [5, 5.41) is 3.78. The summed E-state index contributed by atoms with van der Waals surface area (Å²) in [5.74, 6) is -0.991. The number of aromatic nitrogens is 1. The molecule has 1 amide bonds. The molecule has 158 valence electrons. The maximum atomic E-state index is 12.3. The van der Waals surface area contributed by atoms with E-state index >= 15 is 0 Å². The molecule has 1 aromatic heterocycles. The number of nitrogens with zero attached hydrogens (tertiary/aromatic N) is 3. The maximum absolute atomic E-state index is 12.3. The molecule has 0 spiro atoms. The Morgan fingerprint density at radius 3 is 2.43 bits per heavy atom. The highest BCUT2D eigenvalue weighted by atomic mass is 32.2. The Morgan fingerprint density at radius 1 is 1.00 bits per heavy atom. The van der Waals surface area contributed by atoms with E-state index in [1.807, 2.05) is 18.2 Å². The second kappa shape index (κ2) is 9.11. The van der Waals surface area contributed by atoms with Crippen molar-refractivity contribution in [3.8, 4) is 0 Å². The molecule has 0 unspecified atom stereocenters. The number of piperazine rings is 1. The van der Waals surface area contributed by atoms with Gasteiger partial charge in [-0.25, -0.2) is 13.4 Å². The van der Waals surface area contributed by atoms with Crippen LogP contribution in [0.15, 0.2) is 59.5 Å². The number of carbonyl (C=O) groups is 1. The van der Waals surface area contributed by atoms with Crippen molar-refractivity contribution in [1.29, 1.82) is 0 Å². The number of hydrogen-bond donors (Lipinski definition) is 1. The number of sulfone groups is 1. The van der Waals surface area contributed by atoms with Gasteiger partial charge < -0.3 is 10.2 Å². The van der Waals surface area contributed by atoms with Crippen molar-refractivity contribution in [3.63, 3.8) is 0 Å². The van der Waals surface area contributed by atoms with Crippen molar-refractivity contribution in [2.75, 3.05) is 49.9 Å². The fraction of sp³-hybridized carbons (Fsp3) is 0.333. The highest BCUT2D eigenvalue weighted by Gasteiger charge is 2.21. The highest BCUT2D eigenvalue weighted by molar-refractivity contribution is 7.92. The van der Waals surface area contributed by atoms with Crippen LogP contribution in [-0.4, -0.2) is 69.2 Å². The molecule has 0 saturated carbocycles. The molecule has 9 heteroatoms. The Labute approximate surface area is 180 Å². The van der Waals surface area contributed by atoms with Gasteiger partial charge in [0.25, 0.3) is 0 Å². The standard InChI is InChI=1S/C21H24N4O3S2/c26-20(16-30(27,28)17-6-2-1-3-7-17)22-10-11-24-12-14-25(15-13-24)21-23-18-8-4-5-9-19(18)29-21/h1-9H,10-16H2,(H,22,26). The molecule has 0 aliphatic carbocycles. The van der Waals surface area contributed by atoms with E-state index < -0.39 is 21.5 Å². The van der Waals surface area contributed by atoms with E-state index in [2.05, 4.69) is 21.2 Å². The largest absolute Gasteiger partial charge is 0.354 e. The van der Waals surface area contributed by atoms with E-state index in [-0.39, 0.29) is 4.90 Å². The lowest BCUT2D eigenvalue weighted by molar-refractivity contribution is -0.118. The van der Waals surface area contributed by atoms with Crippen LogP contribution < -0.4 is 10.2 Å². The lowest BCUT2D eigenvalue weighted by atomic mass is 10.3. The van der Waals surface area contributed by atoms with Gasteiger partial charge in [-0.15, -0.1) is 0 Å². The number of anilines is 1. The van der Waals surface area contributed by atoms with Crippen molar-refractivity contribution < 1.29 is 13.2 Å². The number of thiazole rings is 1. The summed E-state index contributed by atoms with van der Waals surface area (Å²) in [6.07, 6.45) is 0. The summed E-state index contributed by atoms with van der Waals surface area (Å²) in [6.45, 7) is 4.67. The molecule has 0 atom stereocenters.